The van der Waals surface area contributed by atoms with Crippen molar-refractivity contribution in [2.45, 2.75) is 0 Å². The van der Waals surface area contributed by atoms with Gasteiger partial charge >= 0.3 is 0 Å². The molecular weight excluding hydrogens is 365 g/mol. The van der Waals surface area contributed by atoms with Crippen LogP contribution in [0, 0.1) is 0 Å². The average molecular weight is 367 g/mol. The highest BCUT2D eigenvalue weighted by molar-refractivity contribution is 6.42. The third-order valence-corrected chi connectivity index (χ3v) is 3.03. The minimum absolute atomic E-state index is 0.101. The first kappa shape index (κ1) is 16.0. The van der Waals surface area contributed by atoms with Crippen LogP contribution in [0.5, 0.6) is 0 Å². The molecule has 0 aromatic carbocycles. The largest absolute Gasteiger partial charge is 0.225 e. The third kappa shape index (κ3) is 5.26. The number of hydrogen-bond donors (Lipinski definition) is 0. The first-order chi connectivity index (χ1) is 8.40. The van der Waals surface area contributed by atoms with E-state index >= 15 is 0 Å². The van der Waals surface area contributed by atoms with Gasteiger partial charge in [0.05, 0.1) is 22.4 Å². The number of aromatic nitrogens is 4. The van der Waals surface area contributed by atoms with Crippen LogP contribution < -0.4 is 0 Å². The predicted octanol–water partition coefficient (Wildman–Crippen LogP) is 4.87. The summed E-state index contributed by atoms with van der Waals surface area (Å²) in [4.78, 5) is 14.3. The Morgan fingerprint density at radius 3 is 1.17 bits per heavy atom. The lowest BCUT2D eigenvalue weighted by Crippen LogP contribution is -1.81. The van der Waals surface area contributed by atoms with E-state index < -0.39 is 0 Å². The summed E-state index contributed by atoms with van der Waals surface area (Å²) in [7, 11) is 0. The zero-order valence-corrected chi connectivity index (χ0v) is 12.7. The summed E-state index contributed by atoms with van der Waals surface area (Å²) in [5, 5.41) is 1.17. The molecule has 2 heterocycles. The second kappa shape index (κ2) is 7.48. The molecule has 0 amide bonds. The van der Waals surface area contributed by atoms with E-state index in [0.29, 0.717) is 10.0 Å². The van der Waals surface area contributed by atoms with Gasteiger partial charge in [-0.3, -0.25) is 0 Å². The Hall–Kier alpha value is -0.100. The Balaban J connectivity index is 0.000000180. The van der Waals surface area contributed by atoms with Crippen molar-refractivity contribution in [3.63, 3.8) is 0 Å². The number of hydrogen-bond acceptors (Lipinski definition) is 4. The molecule has 96 valence electrons. The SMILES string of the molecule is Clc1ncc(Cl)c(Cl)n1.Clc1ncc(Cl)c(Cl)n1. The average Bonchev–Trinajstić information content (AvgIpc) is 2.30. The van der Waals surface area contributed by atoms with E-state index in [9.17, 15) is 0 Å². The van der Waals surface area contributed by atoms with E-state index in [-0.39, 0.29) is 20.9 Å². The molecule has 0 unspecified atom stereocenters. The predicted molar refractivity (Wildman–Crippen MR) is 74.1 cm³/mol. The highest BCUT2D eigenvalue weighted by atomic mass is 35.5. The van der Waals surface area contributed by atoms with Crippen molar-refractivity contribution < 1.29 is 0 Å². The molecule has 0 spiro atoms. The van der Waals surface area contributed by atoms with Gasteiger partial charge in [-0.15, -0.1) is 0 Å². The van der Waals surface area contributed by atoms with Gasteiger partial charge in [-0.1, -0.05) is 46.4 Å². The fourth-order valence-electron chi connectivity index (χ4n) is 0.653. The van der Waals surface area contributed by atoms with Gasteiger partial charge in [-0.25, -0.2) is 19.9 Å². The molecule has 2 aromatic heterocycles. The fourth-order valence-corrected chi connectivity index (χ4v) is 1.45. The Morgan fingerprint density at radius 1 is 0.611 bits per heavy atom. The van der Waals surface area contributed by atoms with E-state index in [4.69, 9.17) is 69.6 Å². The van der Waals surface area contributed by atoms with Crippen LogP contribution in [0.3, 0.4) is 0 Å². The van der Waals surface area contributed by atoms with E-state index in [1.165, 1.54) is 12.4 Å². The lowest BCUT2D eigenvalue weighted by molar-refractivity contribution is 1.17. The molecule has 18 heavy (non-hydrogen) atoms. The molecule has 0 aliphatic heterocycles. The molecule has 0 radical (unpaired) electrons. The fraction of sp³-hybridized carbons (Fsp3) is 0. The van der Waals surface area contributed by atoms with Gasteiger partial charge in [0.25, 0.3) is 0 Å². The van der Waals surface area contributed by atoms with E-state index in [2.05, 4.69) is 19.9 Å². The molecule has 0 N–H and O–H groups in total. The molecule has 0 aliphatic carbocycles. The second-order valence-electron chi connectivity index (χ2n) is 2.56. The van der Waals surface area contributed by atoms with Crippen molar-refractivity contribution in [2.75, 3.05) is 0 Å². The van der Waals surface area contributed by atoms with Crippen LogP contribution >= 0.6 is 69.6 Å². The summed E-state index contributed by atoms with van der Waals surface area (Å²) in [5.74, 6) is 0. The molecule has 2 rings (SSSR count). The summed E-state index contributed by atoms with van der Waals surface area (Å²) in [5.41, 5.74) is 0. The summed E-state index contributed by atoms with van der Waals surface area (Å²) in [6.45, 7) is 0. The van der Waals surface area contributed by atoms with Crippen LogP contribution in [-0.4, -0.2) is 19.9 Å². The standard InChI is InChI=1S/2C4HCl3N2/c2*5-2-1-8-4(7)9-3(2)6/h2*1H. The maximum absolute atomic E-state index is 5.47. The zero-order valence-electron chi connectivity index (χ0n) is 8.21. The van der Waals surface area contributed by atoms with Gasteiger partial charge in [-0.05, 0) is 23.2 Å². The first-order valence-electron chi connectivity index (χ1n) is 4.07. The molecule has 0 fully saturated rings. The summed E-state index contributed by atoms with van der Waals surface area (Å²) in [6.07, 6.45) is 2.69. The number of nitrogens with zero attached hydrogens (tertiary/aromatic N) is 4. The topological polar surface area (TPSA) is 51.6 Å². The monoisotopic (exact) mass is 364 g/mol. The maximum atomic E-state index is 5.47. The number of rotatable bonds is 0. The third-order valence-electron chi connectivity index (χ3n) is 1.34. The lowest BCUT2D eigenvalue weighted by atomic mass is 10.7. The first-order valence-corrected chi connectivity index (χ1v) is 6.34. The highest BCUT2D eigenvalue weighted by Gasteiger charge is 1.98. The summed E-state index contributed by atoms with van der Waals surface area (Å²) in [6, 6.07) is 0. The Labute approximate surface area is 132 Å². The molecule has 0 saturated carbocycles. The minimum Gasteiger partial charge on any atom is -0.225 e. The van der Waals surface area contributed by atoms with Crippen molar-refractivity contribution in [3.8, 4) is 0 Å². The van der Waals surface area contributed by atoms with Crippen LogP contribution in [0.4, 0.5) is 0 Å². The zero-order chi connectivity index (χ0) is 13.7. The van der Waals surface area contributed by atoms with Gasteiger partial charge in [-0.2, -0.15) is 0 Å². The van der Waals surface area contributed by atoms with Crippen molar-refractivity contribution >= 4 is 69.6 Å². The molecule has 0 bridgehead atoms. The van der Waals surface area contributed by atoms with Crippen LogP contribution in [0.25, 0.3) is 0 Å². The molecule has 10 heteroatoms. The Bertz CT molecular complexity index is 500. The van der Waals surface area contributed by atoms with Gasteiger partial charge in [0.15, 0.2) is 10.3 Å². The van der Waals surface area contributed by atoms with Crippen LogP contribution in [0.15, 0.2) is 12.4 Å². The molecule has 0 saturated heterocycles. The smallest absolute Gasteiger partial charge is 0.223 e. The van der Waals surface area contributed by atoms with Crippen molar-refractivity contribution in [1.82, 2.24) is 19.9 Å². The highest BCUT2D eigenvalue weighted by Crippen LogP contribution is 2.19. The maximum Gasteiger partial charge on any atom is 0.223 e. The van der Waals surface area contributed by atoms with Crippen LogP contribution in [0.1, 0.15) is 0 Å². The van der Waals surface area contributed by atoms with Crippen LogP contribution in [-0.2, 0) is 0 Å². The van der Waals surface area contributed by atoms with Crippen molar-refractivity contribution in [3.05, 3.63) is 43.3 Å². The van der Waals surface area contributed by atoms with Crippen molar-refractivity contribution in [2.24, 2.45) is 0 Å². The van der Waals surface area contributed by atoms with E-state index in [0.717, 1.165) is 0 Å². The van der Waals surface area contributed by atoms with E-state index in [1.54, 1.807) is 0 Å². The van der Waals surface area contributed by atoms with Gasteiger partial charge in [0.2, 0.25) is 10.6 Å². The molecule has 0 aliphatic rings. The lowest BCUT2D eigenvalue weighted by Gasteiger charge is -1.90. The van der Waals surface area contributed by atoms with Crippen molar-refractivity contribution in [1.29, 1.82) is 0 Å². The summed E-state index contributed by atoms with van der Waals surface area (Å²) >= 11 is 32.5. The number of halogens is 6. The Kier molecular flexibility index (Phi) is 6.63. The summed E-state index contributed by atoms with van der Waals surface area (Å²) < 4.78 is 0. The quantitative estimate of drug-likeness (QED) is 0.493. The molecular formula is C8H2Cl6N4. The molecule has 2 aromatic rings. The van der Waals surface area contributed by atoms with Gasteiger partial charge < -0.3 is 0 Å². The van der Waals surface area contributed by atoms with E-state index in [1.807, 2.05) is 0 Å². The Morgan fingerprint density at radius 2 is 0.944 bits per heavy atom. The second-order valence-corrected chi connectivity index (χ2v) is 4.76. The van der Waals surface area contributed by atoms with Crippen LogP contribution in [0.2, 0.25) is 30.9 Å². The minimum atomic E-state index is 0.101. The molecule has 4 nitrogen and oxygen atoms in total. The van der Waals surface area contributed by atoms with Gasteiger partial charge in [0.1, 0.15) is 0 Å². The van der Waals surface area contributed by atoms with Gasteiger partial charge in [0, 0.05) is 0 Å². The normalized spacial score (nSPS) is 9.67. The molecule has 0 atom stereocenters.